The number of anilines is 1. The van der Waals surface area contributed by atoms with Gasteiger partial charge in [0.1, 0.15) is 0 Å². The number of nitrogens with zero attached hydrogens (tertiary/aromatic N) is 3. The summed E-state index contributed by atoms with van der Waals surface area (Å²) in [6.45, 7) is 12.2. The number of hydrogen-bond donors (Lipinski definition) is 2. The fraction of sp³-hybridized carbons (Fsp3) is 0.778. The standard InChI is InChI=1S/C18H31N5/c1-17(2)9-15(10-18(3,4)22-17)19-11-14-12-20-16(21-13-14)23-7-5-6-8-23/h12-13,15,19,22H,5-11H2,1-4H3. The van der Waals surface area contributed by atoms with Crippen LogP contribution in [-0.2, 0) is 6.54 Å². The molecule has 0 bridgehead atoms. The van der Waals surface area contributed by atoms with Crippen LogP contribution >= 0.6 is 0 Å². The molecular formula is C18H31N5. The van der Waals surface area contributed by atoms with Crippen LogP contribution < -0.4 is 15.5 Å². The van der Waals surface area contributed by atoms with Gasteiger partial charge < -0.3 is 15.5 Å². The Labute approximate surface area is 140 Å². The summed E-state index contributed by atoms with van der Waals surface area (Å²) in [6.07, 6.45) is 8.75. The van der Waals surface area contributed by atoms with Gasteiger partial charge in [-0.25, -0.2) is 9.97 Å². The summed E-state index contributed by atoms with van der Waals surface area (Å²) in [5, 5.41) is 7.43. The van der Waals surface area contributed by atoms with Gasteiger partial charge in [-0.05, 0) is 53.4 Å². The molecule has 0 radical (unpaired) electrons. The van der Waals surface area contributed by atoms with Gasteiger partial charge in [-0.3, -0.25) is 0 Å². The molecule has 0 spiro atoms. The van der Waals surface area contributed by atoms with Gasteiger partial charge >= 0.3 is 0 Å². The molecule has 3 heterocycles. The molecule has 2 fully saturated rings. The van der Waals surface area contributed by atoms with E-state index >= 15 is 0 Å². The molecule has 1 aromatic heterocycles. The lowest BCUT2D eigenvalue weighted by atomic mass is 9.79. The van der Waals surface area contributed by atoms with Gasteiger partial charge in [-0.2, -0.15) is 0 Å². The summed E-state index contributed by atoms with van der Waals surface area (Å²) in [6, 6.07) is 0.527. The predicted molar refractivity (Wildman–Crippen MR) is 94.6 cm³/mol. The van der Waals surface area contributed by atoms with E-state index in [1.807, 2.05) is 12.4 Å². The molecule has 1 aromatic rings. The molecule has 5 heteroatoms. The maximum atomic E-state index is 4.54. The molecule has 0 unspecified atom stereocenters. The maximum absolute atomic E-state index is 4.54. The third-order valence-electron chi connectivity index (χ3n) is 4.87. The summed E-state index contributed by atoms with van der Waals surface area (Å²) in [5.74, 6) is 0.885. The Morgan fingerprint density at radius 3 is 2.22 bits per heavy atom. The van der Waals surface area contributed by atoms with Gasteiger partial charge in [0.05, 0.1) is 0 Å². The van der Waals surface area contributed by atoms with E-state index in [2.05, 4.69) is 53.2 Å². The van der Waals surface area contributed by atoms with Crippen molar-refractivity contribution in [3.63, 3.8) is 0 Å². The van der Waals surface area contributed by atoms with Crippen LogP contribution in [-0.4, -0.2) is 40.2 Å². The van der Waals surface area contributed by atoms with Crippen molar-refractivity contribution < 1.29 is 0 Å². The molecule has 2 N–H and O–H groups in total. The minimum absolute atomic E-state index is 0.176. The first-order valence-electron chi connectivity index (χ1n) is 8.92. The summed E-state index contributed by atoms with van der Waals surface area (Å²) >= 11 is 0. The Bertz CT molecular complexity index is 501. The van der Waals surface area contributed by atoms with Crippen LogP contribution in [0.2, 0.25) is 0 Å². The zero-order valence-electron chi connectivity index (χ0n) is 15.0. The number of piperidine rings is 1. The SMILES string of the molecule is CC1(C)CC(NCc2cnc(N3CCCC3)nc2)CC(C)(C)N1. The fourth-order valence-corrected chi connectivity index (χ4v) is 4.25. The number of rotatable bonds is 4. The van der Waals surface area contributed by atoms with Crippen molar-refractivity contribution in [1.82, 2.24) is 20.6 Å². The number of aromatic nitrogens is 2. The Morgan fingerprint density at radius 2 is 1.65 bits per heavy atom. The Balaban J connectivity index is 1.55. The molecule has 0 aliphatic carbocycles. The van der Waals surface area contributed by atoms with Crippen molar-refractivity contribution in [2.24, 2.45) is 0 Å². The molecule has 3 rings (SSSR count). The second-order valence-electron chi connectivity index (χ2n) is 8.46. The van der Waals surface area contributed by atoms with E-state index in [0.29, 0.717) is 6.04 Å². The Hall–Kier alpha value is -1.20. The first-order chi connectivity index (χ1) is 10.8. The van der Waals surface area contributed by atoms with Crippen LogP contribution in [0.5, 0.6) is 0 Å². The zero-order chi connectivity index (χ0) is 16.5. The van der Waals surface area contributed by atoms with Gasteiger partial charge in [0.15, 0.2) is 0 Å². The van der Waals surface area contributed by atoms with Crippen molar-refractivity contribution >= 4 is 5.95 Å². The second kappa shape index (κ2) is 6.36. The van der Waals surface area contributed by atoms with Gasteiger partial charge in [-0.15, -0.1) is 0 Å². The normalized spacial score (nSPS) is 24.1. The first kappa shape index (κ1) is 16.7. The average Bonchev–Trinajstić information content (AvgIpc) is 2.96. The molecule has 2 saturated heterocycles. The molecule has 2 aliphatic rings. The Kier molecular flexibility index (Phi) is 4.61. The average molecular weight is 317 g/mol. The van der Waals surface area contributed by atoms with E-state index in [4.69, 9.17) is 0 Å². The lowest BCUT2D eigenvalue weighted by molar-refractivity contribution is 0.145. The topological polar surface area (TPSA) is 53.1 Å². The van der Waals surface area contributed by atoms with Crippen molar-refractivity contribution in [3.8, 4) is 0 Å². The molecule has 5 nitrogen and oxygen atoms in total. The third-order valence-corrected chi connectivity index (χ3v) is 4.87. The largest absolute Gasteiger partial charge is 0.341 e. The smallest absolute Gasteiger partial charge is 0.225 e. The highest BCUT2D eigenvalue weighted by molar-refractivity contribution is 5.30. The van der Waals surface area contributed by atoms with Gasteiger partial charge in [0.2, 0.25) is 5.95 Å². The van der Waals surface area contributed by atoms with E-state index in [-0.39, 0.29) is 11.1 Å². The monoisotopic (exact) mass is 317 g/mol. The molecular weight excluding hydrogens is 286 g/mol. The molecule has 0 amide bonds. The van der Waals surface area contributed by atoms with Crippen molar-refractivity contribution in [3.05, 3.63) is 18.0 Å². The predicted octanol–water partition coefficient (Wildman–Crippen LogP) is 2.48. The van der Waals surface area contributed by atoms with E-state index in [1.54, 1.807) is 0 Å². The molecule has 0 saturated carbocycles. The second-order valence-corrected chi connectivity index (χ2v) is 8.46. The van der Waals surface area contributed by atoms with Crippen LogP contribution in [0.25, 0.3) is 0 Å². The zero-order valence-corrected chi connectivity index (χ0v) is 15.0. The number of nitrogens with one attached hydrogen (secondary N) is 2. The van der Waals surface area contributed by atoms with Crippen LogP contribution in [0.4, 0.5) is 5.95 Å². The van der Waals surface area contributed by atoms with E-state index in [9.17, 15) is 0 Å². The van der Waals surface area contributed by atoms with E-state index in [0.717, 1.165) is 38.4 Å². The van der Waals surface area contributed by atoms with Crippen molar-refractivity contribution in [1.29, 1.82) is 0 Å². The summed E-state index contributed by atoms with van der Waals surface area (Å²) < 4.78 is 0. The summed E-state index contributed by atoms with van der Waals surface area (Å²) in [5.41, 5.74) is 1.52. The van der Waals surface area contributed by atoms with Crippen LogP contribution in [0.1, 0.15) is 58.9 Å². The molecule has 0 atom stereocenters. The van der Waals surface area contributed by atoms with Gasteiger partial charge in [0, 0.05) is 54.7 Å². The minimum atomic E-state index is 0.176. The summed E-state index contributed by atoms with van der Waals surface area (Å²) in [7, 11) is 0. The lowest BCUT2D eigenvalue weighted by Gasteiger charge is -2.46. The fourth-order valence-electron chi connectivity index (χ4n) is 4.25. The highest BCUT2D eigenvalue weighted by Crippen LogP contribution is 2.28. The summed E-state index contributed by atoms with van der Waals surface area (Å²) in [4.78, 5) is 11.4. The first-order valence-corrected chi connectivity index (χ1v) is 8.92. The number of hydrogen-bond acceptors (Lipinski definition) is 5. The van der Waals surface area contributed by atoms with Crippen molar-refractivity contribution in [2.45, 2.75) is 77.0 Å². The van der Waals surface area contributed by atoms with Crippen LogP contribution in [0.3, 0.4) is 0 Å². The highest BCUT2D eigenvalue weighted by Gasteiger charge is 2.37. The molecule has 128 valence electrons. The molecule has 0 aromatic carbocycles. The van der Waals surface area contributed by atoms with Crippen molar-refractivity contribution in [2.75, 3.05) is 18.0 Å². The minimum Gasteiger partial charge on any atom is -0.341 e. The third kappa shape index (κ3) is 4.42. The Morgan fingerprint density at radius 1 is 1.09 bits per heavy atom. The maximum Gasteiger partial charge on any atom is 0.225 e. The molecule has 2 aliphatic heterocycles. The van der Waals surface area contributed by atoms with Gasteiger partial charge in [-0.1, -0.05) is 0 Å². The van der Waals surface area contributed by atoms with Gasteiger partial charge in [0.25, 0.3) is 0 Å². The quantitative estimate of drug-likeness (QED) is 0.893. The molecule has 23 heavy (non-hydrogen) atoms. The lowest BCUT2D eigenvalue weighted by Crippen LogP contribution is -2.61. The van der Waals surface area contributed by atoms with Crippen LogP contribution in [0.15, 0.2) is 12.4 Å². The highest BCUT2D eigenvalue weighted by atomic mass is 15.3. The van der Waals surface area contributed by atoms with E-state index in [1.165, 1.54) is 18.4 Å². The van der Waals surface area contributed by atoms with Crippen LogP contribution in [0, 0.1) is 0 Å². The van der Waals surface area contributed by atoms with E-state index < -0.39 is 0 Å².